The summed E-state index contributed by atoms with van der Waals surface area (Å²) < 4.78 is 0. The lowest BCUT2D eigenvalue weighted by atomic mass is 9.75. The molecule has 0 amide bonds. The van der Waals surface area contributed by atoms with E-state index < -0.39 is 11.5 Å². The molecule has 82 valence electrons. The molecule has 3 nitrogen and oxygen atoms in total. The van der Waals surface area contributed by atoms with Crippen LogP contribution >= 0.6 is 0 Å². The molecule has 0 spiro atoms. The van der Waals surface area contributed by atoms with Gasteiger partial charge in [0.2, 0.25) is 0 Å². The molecule has 0 heterocycles. The third-order valence-corrected chi connectivity index (χ3v) is 2.83. The van der Waals surface area contributed by atoms with Gasteiger partial charge < -0.3 is 5.11 Å². The van der Waals surface area contributed by atoms with Crippen molar-refractivity contribution in [3.05, 3.63) is 35.9 Å². The third kappa shape index (κ3) is 2.39. The molecule has 0 aliphatic rings. The van der Waals surface area contributed by atoms with E-state index in [1.54, 1.807) is 6.07 Å². The van der Waals surface area contributed by atoms with Crippen LogP contribution in [0.2, 0.25) is 0 Å². The predicted octanol–water partition coefficient (Wildman–Crippen LogP) is 2.13. The minimum atomic E-state index is -1.10. The Balaban J connectivity index is 3.09. The van der Waals surface area contributed by atoms with Gasteiger partial charge in [-0.1, -0.05) is 37.3 Å². The molecule has 0 aliphatic carbocycles. The number of hydrogen-bond acceptors (Lipinski definition) is 3. The van der Waals surface area contributed by atoms with Gasteiger partial charge in [0.1, 0.15) is 6.10 Å². The molecular formula is C13H14N2O. The summed E-state index contributed by atoms with van der Waals surface area (Å²) >= 11 is 0. The van der Waals surface area contributed by atoms with Crippen LogP contribution in [0.25, 0.3) is 0 Å². The van der Waals surface area contributed by atoms with Crippen LogP contribution in [0.3, 0.4) is 0 Å². The molecule has 1 aromatic rings. The third-order valence-electron chi connectivity index (χ3n) is 2.83. The highest BCUT2D eigenvalue weighted by molar-refractivity contribution is 5.32. The SMILES string of the molecule is CC[C@@](C#N)(C[C@H](O)C#N)c1ccccc1. The summed E-state index contributed by atoms with van der Waals surface area (Å²) in [5.41, 5.74) is 0.0884. The van der Waals surface area contributed by atoms with Gasteiger partial charge in [0, 0.05) is 6.42 Å². The topological polar surface area (TPSA) is 67.8 Å². The minimum absolute atomic E-state index is 0.153. The van der Waals surface area contributed by atoms with Crippen molar-refractivity contribution in [3.8, 4) is 12.1 Å². The molecule has 0 bridgehead atoms. The zero-order valence-corrected chi connectivity index (χ0v) is 9.22. The van der Waals surface area contributed by atoms with Crippen molar-refractivity contribution in [1.29, 1.82) is 10.5 Å². The zero-order chi connectivity index (χ0) is 12.0. The summed E-state index contributed by atoms with van der Waals surface area (Å²) in [6.07, 6.45) is -0.368. The maximum Gasteiger partial charge on any atom is 0.142 e. The van der Waals surface area contributed by atoms with Crippen molar-refractivity contribution in [2.24, 2.45) is 0 Å². The molecule has 3 heteroatoms. The van der Waals surface area contributed by atoms with Crippen LogP contribution in [-0.4, -0.2) is 11.2 Å². The first kappa shape index (κ1) is 12.2. The molecule has 2 atom stereocenters. The first-order valence-electron chi connectivity index (χ1n) is 5.23. The van der Waals surface area contributed by atoms with E-state index in [1.807, 2.05) is 37.3 Å². The Morgan fingerprint density at radius 3 is 2.38 bits per heavy atom. The number of rotatable bonds is 4. The van der Waals surface area contributed by atoms with Gasteiger partial charge >= 0.3 is 0 Å². The lowest BCUT2D eigenvalue weighted by molar-refractivity contribution is 0.192. The summed E-state index contributed by atoms with van der Waals surface area (Å²) in [4.78, 5) is 0. The molecule has 0 saturated carbocycles. The first-order chi connectivity index (χ1) is 7.68. The van der Waals surface area contributed by atoms with Gasteiger partial charge in [-0.15, -0.1) is 0 Å². The fraction of sp³-hybridized carbons (Fsp3) is 0.385. The second-order valence-electron chi connectivity index (χ2n) is 3.76. The van der Waals surface area contributed by atoms with Crippen LogP contribution < -0.4 is 0 Å². The van der Waals surface area contributed by atoms with E-state index in [9.17, 15) is 10.4 Å². The molecule has 0 radical (unpaired) electrons. The van der Waals surface area contributed by atoms with E-state index in [0.717, 1.165) is 5.56 Å². The Morgan fingerprint density at radius 1 is 1.31 bits per heavy atom. The van der Waals surface area contributed by atoms with Crippen LogP contribution in [0, 0.1) is 22.7 Å². The molecule has 0 aliphatic heterocycles. The van der Waals surface area contributed by atoms with Crippen molar-refractivity contribution in [2.45, 2.75) is 31.3 Å². The average molecular weight is 214 g/mol. The van der Waals surface area contributed by atoms with E-state index in [0.29, 0.717) is 6.42 Å². The smallest absolute Gasteiger partial charge is 0.142 e. The highest BCUT2D eigenvalue weighted by Gasteiger charge is 2.32. The summed E-state index contributed by atoms with van der Waals surface area (Å²) in [5, 5.41) is 27.3. The zero-order valence-electron chi connectivity index (χ0n) is 9.22. The largest absolute Gasteiger partial charge is 0.378 e. The molecule has 0 saturated heterocycles. The lowest BCUT2D eigenvalue weighted by Gasteiger charge is -2.26. The molecule has 1 rings (SSSR count). The van der Waals surface area contributed by atoms with Crippen molar-refractivity contribution >= 4 is 0 Å². The van der Waals surface area contributed by atoms with Gasteiger partial charge in [0.15, 0.2) is 0 Å². The van der Waals surface area contributed by atoms with Crippen molar-refractivity contribution < 1.29 is 5.11 Å². The second-order valence-corrected chi connectivity index (χ2v) is 3.76. The molecule has 0 unspecified atom stereocenters. The van der Waals surface area contributed by atoms with E-state index in [1.165, 1.54) is 0 Å². The predicted molar refractivity (Wildman–Crippen MR) is 60.3 cm³/mol. The standard InChI is InChI=1S/C13H14N2O/c1-2-13(10-15,8-12(16)9-14)11-6-4-3-5-7-11/h3-7,12,16H,2,8H2,1H3/t12-,13-/m0/s1. The Bertz CT molecular complexity index is 416. The Hall–Kier alpha value is -1.84. The fourth-order valence-electron chi connectivity index (χ4n) is 1.79. The summed E-state index contributed by atoms with van der Waals surface area (Å²) in [5.74, 6) is 0. The molecule has 1 N–H and O–H groups in total. The van der Waals surface area contributed by atoms with E-state index >= 15 is 0 Å². The number of nitrogens with zero attached hydrogens (tertiary/aromatic N) is 2. The highest BCUT2D eigenvalue weighted by Crippen LogP contribution is 2.32. The normalized spacial score (nSPS) is 15.5. The van der Waals surface area contributed by atoms with Gasteiger partial charge in [-0.2, -0.15) is 10.5 Å². The summed E-state index contributed by atoms with van der Waals surface area (Å²) in [6.45, 7) is 1.89. The number of benzene rings is 1. The fourth-order valence-corrected chi connectivity index (χ4v) is 1.79. The van der Waals surface area contributed by atoms with Crippen LogP contribution in [0.1, 0.15) is 25.3 Å². The van der Waals surface area contributed by atoms with Gasteiger partial charge in [0.05, 0.1) is 17.6 Å². The number of nitriles is 2. The van der Waals surface area contributed by atoms with Gasteiger partial charge in [0.25, 0.3) is 0 Å². The maximum atomic E-state index is 9.40. The van der Waals surface area contributed by atoms with Crippen molar-refractivity contribution in [2.75, 3.05) is 0 Å². The van der Waals surface area contributed by atoms with Crippen molar-refractivity contribution in [3.63, 3.8) is 0 Å². The molecule has 0 fully saturated rings. The van der Waals surface area contributed by atoms with E-state index in [2.05, 4.69) is 6.07 Å². The molecule has 16 heavy (non-hydrogen) atoms. The molecule has 1 aromatic carbocycles. The first-order valence-corrected chi connectivity index (χ1v) is 5.23. The maximum absolute atomic E-state index is 9.40. The monoisotopic (exact) mass is 214 g/mol. The number of aliphatic hydroxyl groups is 1. The summed E-state index contributed by atoms with van der Waals surface area (Å²) in [7, 11) is 0. The van der Waals surface area contributed by atoms with Crippen LogP contribution in [0.4, 0.5) is 0 Å². The number of hydrogen-bond donors (Lipinski definition) is 1. The van der Waals surface area contributed by atoms with Crippen LogP contribution in [0.5, 0.6) is 0 Å². The highest BCUT2D eigenvalue weighted by atomic mass is 16.3. The van der Waals surface area contributed by atoms with Crippen LogP contribution in [0.15, 0.2) is 30.3 Å². The minimum Gasteiger partial charge on any atom is -0.378 e. The van der Waals surface area contributed by atoms with Crippen LogP contribution in [-0.2, 0) is 5.41 Å². The lowest BCUT2D eigenvalue weighted by Crippen LogP contribution is -2.28. The van der Waals surface area contributed by atoms with E-state index in [4.69, 9.17) is 5.26 Å². The van der Waals surface area contributed by atoms with Crippen molar-refractivity contribution in [1.82, 2.24) is 0 Å². The molecule has 0 aromatic heterocycles. The second kappa shape index (κ2) is 5.30. The van der Waals surface area contributed by atoms with Gasteiger partial charge in [-0.3, -0.25) is 0 Å². The quantitative estimate of drug-likeness (QED) is 0.781. The average Bonchev–Trinajstić information content (AvgIpc) is 2.37. The van der Waals surface area contributed by atoms with E-state index in [-0.39, 0.29) is 6.42 Å². The Labute approximate surface area is 95.6 Å². The van der Waals surface area contributed by atoms with Gasteiger partial charge in [-0.05, 0) is 12.0 Å². The summed E-state index contributed by atoms with van der Waals surface area (Å²) in [6, 6.07) is 13.3. The number of aliphatic hydroxyl groups excluding tert-OH is 1. The molecular weight excluding hydrogens is 200 g/mol. The van der Waals surface area contributed by atoms with Gasteiger partial charge in [-0.25, -0.2) is 0 Å². The Kier molecular flexibility index (Phi) is 4.05. The Morgan fingerprint density at radius 2 is 1.94 bits per heavy atom.